The molecule has 0 aliphatic carbocycles. The second-order valence-electron chi connectivity index (χ2n) is 2.03. The molecule has 0 aromatic rings. The van der Waals surface area contributed by atoms with E-state index in [2.05, 4.69) is 0 Å². The van der Waals surface area contributed by atoms with Crippen molar-refractivity contribution in [3.8, 4) is 0 Å². The van der Waals surface area contributed by atoms with Gasteiger partial charge in [-0.15, -0.1) is 3.89 Å². The number of hydrogen-bond donors (Lipinski definition) is 0. The van der Waals surface area contributed by atoms with Crippen LogP contribution in [0.15, 0.2) is 0 Å². The normalized spacial score (nSPS) is 15.1. The van der Waals surface area contributed by atoms with E-state index in [1.54, 1.807) is 6.92 Å². The first kappa shape index (κ1) is 9.81. The van der Waals surface area contributed by atoms with E-state index in [1.165, 1.54) is 0 Å². The number of halogens is 2. The fourth-order valence-electron chi connectivity index (χ4n) is 0.505. The molecule has 0 radical (unpaired) electrons. The Morgan fingerprint density at radius 3 is 2.30 bits per heavy atom. The maximum Gasteiger partial charge on any atom is 0.334 e. The van der Waals surface area contributed by atoms with Gasteiger partial charge in [0, 0.05) is 0 Å². The van der Waals surface area contributed by atoms with Crippen LogP contribution >= 0.6 is 0 Å². The molecule has 1 atom stereocenters. The molecule has 1 unspecified atom stereocenters. The third-order valence-corrected chi connectivity index (χ3v) is 1.94. The summed E-state index contributed by atoms with van der Waals surface area (Å²) in [5.74, 6) is 0. The summed E-state index contributed by atoms with van der Waals surface area (Å²) in [6, 6.07) is 0. The number of hydrogen-bond acceptors (Lipinski definition) is 2. The Hall–Kier alpha value is -0.190. The summed E-state index contributed by atoms with van der Waals surface area (Å²) in [5, 5.41) is 0. The molecule has 0 N–H and O–H groups in total. The molecule has 0 saturated heterocycles. The molecule has 0 heterocycles. The molecular weight excluding hydrogens is 162 g/mol. The fraction of sp³-hybridized carbons (Fsp3) is 1.00. The van der Waals surface area contributed by atoms with E-state index >= 15 is 0 Å². The molecule has 0 aromatic heterocycles. The second-order valence-corrected chi connectivity index (χ2v) is 3.49. The predicted octanol–water partition coefficient (Wildman–Crippen LogP) is 1.77. The fourth-order valence-corrected chi connectivity index (χ4v) is 0.954. The van der Waals surface area contributed by atoms with Crippen molar-refractivity contribution < 1.29 is 16.7 Å². The molecule has 0 aromatic carbocycles. The Morgan fingerprint density at radius 1 is 1.50 bits per heavy atom. The quantitative estimate of drug-likeness (QED) is 0.605. The molecule has 0 spiro atoms. The smallest absolute Gasteiger partial charge is 0.227 e. The van der Waals surface area contributed by atoms with Gasteiger partial charge in [0.25, 0.3) is 0 Å². The van der Waals surface area contributed by atoms with Crippen molar-refractivity contribution in [2.75, 3.05) is 0 Å². The van der Waals surface area contributed by atoms with E-state index in [0.29, 0.717) is 12.8 Å². The van der Waals surface area contributed by atoms with Crippen LogP contribution < -0.4 is 0 Å². The Morgan fingerprint density at radius 2 is 2.00 bits per heavy atom. The Balaban J connectivity index is 3.75. The summed E-state index contributed by atoms with van der Waals surface area (Å²) >= 11 is 0. The van der Waals surface area contributed by atoms with Crippen molar-refractivity contribution in [1.82, 2.24) is 0 Å². The lowest BCUT2D eigenvalue weighted by molar-refractivity contribution is 0.374. The molecule has 5 heteroatoms. The van der Waals surface area contributed by atoms with Crippen LogP contribution in [-0.2, 0) is 10.2 Å². The van der Waals surface area contributed by atoms with E-state index < -0.39 is 15.7 Å². The number of alkyl halides is 1. The minimum Gasteiger partial charge on any atom is -0.227 e. The highest BCUT2D eigenvalue weighted by atomic mass is 32.3. The predicted molar refractivity (Wildman–Crippen MR) is 34.4 cm³/mol. The Bertz CT molecular complexity index is 176. The minimum atomic E-state index is -4.94. The average Bonchev–Trinajstić information content (AvgIpc) is 1.80. The lowest BCUT2D eigenvalue weighted by Crippen LogP contribution is -2.09. The van der Waals surface area contributed by atoms with Crippen LogP contribution in [0.5, 0.6) is 0 Å². The van der Waals surface area contributed by atoms with Gasteiger partial charge in [-0.3, -0.25) is 0 Å². The van der Waals surface area contributed by atoms with Gasteiger partial charge in [-0.1, -0.05) is 13.3 Å². The zero-order valence-corrected chi connectivity index (χ0v) is 6.50. The van der Waals surface area contributed by atoms with E-state index in [4.69, 9.17) is 0 Å². The van der Waals surface area contributed by atoms with Crippen molar-refractivity contribution in [2.45, 2.75) is 31.7 Å². The van der Waals surface area contributed by atoms with E-state index in [9.17, 15) is 16.7 Å². The minimum absolute atomic E-state index is 0.241. The first-order valence-electron chi connectivity index (χ1n) is 3.06. The van der Waals surface area contributed by atoms with Crippen LogP contribution in [0.3, 0.4) is 0 Å². The second kappa shape index (κ2) is 3.85. The van der Waals surface area contributed by atoms with E-state index in [-0.39, 0.29) is 6.42 Å². The molecule has 10 heavy (non-hydrogen) atoms. The van der Waals surface area contributed by atoms with Gasteiger partial charge in [-0.2, -0.15) is 8.42 Å². The third kappa shape index (κ3) is 3.76. The molecule has 2 nitrogen and oxygen atoms in total. The average molecular weight is 172 g/mol. The van der Waals surface area contributed by atoms with Crippen LogP contribution in [0, 0.1) is 0 Å². The SMILES string of the molecule is CCCCC(F)S(=O)(=O)F. The third-order valence-electron chi connectivity index (χ3n) is 1.09. The topological polar surface area (TPSA) is 34.1 Å². The summed E-state index contributed by atoms with van der Waals surface area (Å²) in [5.41, 5.74) is -2.33. The maximum absolute atomic E-state index is 12.1. The highest BCUT2D eigenvalue weighted by molar-refractivity contribution is 7.86. The summed E-state index contributed by atoms with van der Waals surface area (Å²) in [6.07, 6.45) is 0.815. The Kier molecular flexibility index (Phi) is 3.78. The highest BCUT2D eigenvalue weighted by Crippen LogP contribution is 2.12. The van der Waals surface area contributed by atoms with Gasteiger partial charge >= 0.3 is 10.2 Å². The van der Waals surface area contributed by atoms with Crippen molar-refractivity contribution in [3.63, 3.8) is 0 Å². The van der Waals surface area contributed by atoms with Crippen LogP contribution in [0.25, 0.3) is 0 Å². The monoisotopic (exact) mass is 172 g/mol. The van der Waals surface area contributed by atoms with Gasteiger partial charge in [0.05, 0.1) is 0 Å². The van der Waals surface area contributed by atoms with Crippen molar-refractivity contribution in [2.24, 2.45) is 0 Å². The summed E-state index contributed by atoms with van der Waals surface area (Å²) < 4.78 is 43.4. The number of unbranched alkanes of at least 4 members (excludes halogenated alkanes) is 1. The summed E-state index contributed by atoms with van der Waals surface area (Å²) in [6.45, 7) is 1.78. The van der Waals surface area contributed by atoms with Gasteiger partial charge in [-0.25, -0.2) is 4.39 Å². The van der Waals surface area contributed by atoms with Crippen LogP contribution in [0.2, 0.25) is 0 Å². The van der Waals surface area contributed by atoms with Crippen molar-refractivity contribution in [3.05, 3.63) is 0 Å². The lowest BCUT2D eigenvalue weighted by atomic mass is 10.3. The van der Waals surface area contributed by atoms with Crippen LogP contribution in [-0.4, -0.2) is 13.9 Å². The molecule has 0 rings (SSSR count). The first-order valence-corrected chi connectivity index (χ1v) is 4.50. The van der Waals surface area contributed by atoms with Gasteiger partial charge in [0.2, 0.25) is 5.50 Å². The van der Waals surface area contributed by atoms with Crippen molar-refractivity contribution >= 4 is 10.2 Å². The van der Waals surface area contributed by atoms with Gasteiger partial charge < -0.3 is 0 Å². The standard InChI is InChI=1S/C5H10F2O2S/c1-2-3-4-5(6)10(7,8)9/h5H,2-4H2,1H3. The molecule has 0 aliphatic rings. The van der Waals surface area contributed by atoms with E-state index in [1.807, 2.05) is 0 Å². The molecule has 0 aliphatic heterocycles. The summed E-state index contributed by atoms with van der Waals surface area (Å²) in [7, 11) is -4.94. The maximum atomic E-state index is 12.1. The summed E-state index contributed by atoms with van der Waals surface area (Å²) in [4.78, 5) is 0. The highest BCUT2D eigenvalue weighted by Gasteiger charge is 2.22. The first-order chi connectivity index (χ1) is 4.48. The zero-order chi connectivity index (χ0) is 8.20. The Labute approximate surface area is 59.5 Å². The largest absolute Gasteiger partial charge is 0.334 e. The zero-order valence-electron chi connectivity index (χ0n) is 5.68. The van der Waals surface area contributed by atoms with Crippen molar-refractivity contribution in [1.29, 1.82) is 0 Å². The number of rotatable bonds is 4. The van der Waals surface area contributed by atoms with Crippen LogP contribution in [0.4, 0.5) is 8.28 Å². The molecular formula is C5H10F2O2S. The van der Waals surface area contributed by atoms with Gasteiger partial charge in [0.15, 0.2) is 0 Å². The van der Waals surface area contributed by atoms with Crippen LogP contribution in [0.1, 0.15) is 26.2 Å². The molecule has 0 saturated carbocycles. The van der Waals surface area contributed by atoms with Gasteiger partial charge in [-0.05, 0) is 12.8 Å². The molecule has 62 valence electrons. The van der Waals surface area contributed by atoms with E-state index in [0.717, 1.165) is 0 Å². The molecule has 0 bridgehead atoms. The van der Waals surface area contributed by atoms with Gasteiger partial charge in [0.1, 0.15) is 0 Å². The molecule has 0 amide bonds. The lowest BCUT2D eigenvalue weighted by Gasteiger charge is -1.99. The molecule has 0 fully saturated rings.